The van der Waals surface area contributed by atoms with Crippen molar-refractivity contribution in [3.05, 3.63) is 0 Å². The molecule has 0 heterocycles. The van der Waals surface area contributed by atoms with Crippen LogP contribution in [0.1, 0.15) is 27.2 Å². The molecule has 0 aliphatic carbocycles. The maximum absolute atomic E-state index is 11.8. The van der Waals surface area contributed by atoms with E-state index in [1.807, 2.05) is 0 Å². The fourth-order valence-corrected chi connectivity index (χ4v) is 1.33. The van der Waals surface area contributed by atoms with E-state index in [0.29, 0.717) is 0 Å². The van der Waals surface area contributed by atoms with Crippen LogP contribution in [0.15, 0.2) is 0 Å². The lowest BCUT2D eigenvalue weighted by molar-refractivity contribution is -0.196. The Hall–Kier alpha value is -2.12. The Morgan fingerprint density at radius 2 is 1.42 bits per heavy atom. The maximum atomic E-state index is 11.8. The highest BCUT2D eigenvalue weighted by Gasteiger charge is 2.54. The molecule has 0 radical (unpaired) electrons. The minimum atomic E-state index is -2.48. The third-order valence-corrected chi connectivity index (χ3v) is 1.95. The van der Waals surface area contributed by atoms with Gasteiger partial charge in [0.05, 0.1) is 19.6 Å². The molecule has 0 rings (SSSR count). The fourth-order valence-electron chi connectivity index (χ4n) is 1.33. The van der Waals surface area contributed by atoms with E-state index >= 15 is 0 Å². The van der Waals surface area contributed by atoms with Crippen molar-refractivity contribution in [1.29, 1.82) is 0 Å². The fraction of sp³-hybridized carbons (Fsp3) is 0.636. The van der Waals surface area contributed by atoms with Crippen LogP contribution in [0, 0.1) is 0 Å². The first kappa shape index (κ1) is 16.9. The summed E-state index contributed by atoms with van der Waals surface area (Å²) in [5.74, 6) is -4.34. The van der Waals surface area contributed by atoms with E-state index in [2.05, 4.69) is 14.2 Å². The molecule has 0 aromatic carbocycles. The van der Waals surface area contributed by atoms with E-state index < -0.39 is 35.8 Å². The van der Waals surface area contributed by atoms with Crippen molar-refractivity contribution in [2.45, 2.75) is 32.8 Å². The molecule has 0 aromatic heterocycles. The van der Waals surface area contributed by atoms with Gasteiger partial charge in [0.15, 0.2) is 0 Å². The molecule has 0 fully saturated rings. The summed E-state index contributed by atoms with van der Waals surface area (Å²) in [5.41, 5.74) is 2.49. The van der Waals surface area contributed by atoms with Gasteiger partial charge in [0.1, 0.15) is 0 Å². The number of primary amides is 1. The Balaban J connectivity index is 5.54. The van der Waals surface area contributed by atoms with E-state index in [1.54, 1.807) is 0 Å². The Labute approximate surface area is 110 Å². The van der Waals surface area contributed by atoms with Gasteiger partial charge < -0.3 is 19.9 Å². The van der Waals surface area contributed by atoms with E-state index in [0.717, 1.165) is 6.92 Å². The molecule has 0 spiro atoms. The van der Waals surface area contributed by atoms with Crippen molar-refractivity contribution in [3.63, 3.8) is 0 Å². The predicted octanol–water partition coefficient (Wildman–Crippen LogP) is -0.710. The van der Waals surface area contributed by atoms with E-state index in [9.17, 15) is 19.2 Å². The molecule has 0 aliphatic rings. The molecule has 0 saturated carbocycles. The Morgan fingerprint density at radius 1 is 1.00 bits per heavy atom. The van der Waals surface area contributed by atoms with E-state index in [4.69, 9.17) is 5.73 Å². The number of nitrogens with two attached hydrogens (primary N) is 1. The van der Waals surface area contributed by atoms with Crippen molar-refractivity contribution in [2.24, 2.45) is 5.73 Å². The Bertz CT molecular complexity index is 341. The van der Waals surface area contributed by atoms with Crippen LogP contribution in [0.2, 0.25) is 0 Å². The lowest BCUT2D eigenvalue weighted by atomic mass is 9.99. The topological polar surface area (TPSA) is 122 Å². The highest BCUT2D eigenvalue weighted by Crippen LogP contribution is 2.21. The number of ether oxygens (including phenoxy) is 3. The van der Waals surface area contributed by atoms with Crippen LogP contribution < -0.4 is 5.73 Å². The zero-order chi connectivity index (χ0) is 15.1. The molecular formula is C11H17NO7. The third kappa shape index (κ3) is 4.57. The van der Waals surface area contributed by atoms with Gasteiger partial charge in [-0.2, -0.15) is 0 Å². The predicted molar refractivity (Wildman–Crippen MR) is 61.6 cm³/mol. The summed E-state index contributed by atoms with van der Waals surface area (Å²) >= 11 is 0. The minimum absolute atomic E-state index is 0.0694. The Morgan fingerprint density at radius 3 is 1.68 bits per heavy atom. The van der Waals surface area contributed by atoms with Crippen molar-refractivity contribution < 1.29 is 33.4 Å². The summed E-state index contributed by atoms with van der Waals surface area (Å²) < 4.78 is 14.0. The molecule has 19 heavy (non-hydrogen) atoms. The standard InChI is InChI=1S/C11H17NO7/c1-4-17-9(15)11(6-8(12)14,19-7(3)13)10(16)18-5-2/h4-6H2,1-3H3,(H2,12,14). The molecule has 8 heteroatoms. The minimum Gasteiger partial charge on any atom is -0.463 e. The van der Waals surface area contributed by atoms with Gasteiger partial charge in [0, 0.05) is 6.92 Å². The van der Waals surface area contributed by atoms with Crippen LogP contribution in [0.5, 0.6) is 0 Å². The van der Waals surface area contributed by atoms with Crippen molar-refractivity contribution in [1.82, 2.24) is 0 Å². The van der Waals surface area contributed by atoms with Crippen LogP contribution in [-0.2, 0) is 33.4 Å². The molecular weight excluding hydrogens is 258 g/mol. The van der Waals surface area contributed by atoms with Gasteiger partial charge in [-0.15, -0.1) is 0 Å². The first-order chi connectivity index (χ1) is 8.80. The molecule has 0 atom stereocenters. The smallest absolute Gasteiger partial charge is 0.363 e. The summed E-state index contributed by atoms with van der Waals surface area (Å²) in [6, 6.07) is 0. The van der Waals surface area contributed by atoms with Crippen LogP contribution in [0.3, 0.4) is 0 Å². The van der Waals surface area contributed by atoms with Crippen LogP contribution >= 0.6 is 0 Å². The SMILES string of the molecule is CCOC(=O)C(CC(N)=O)(OC(C)=O)C(=O)OCC. The lowest BCUT2D eigenvalue weighted by Gasteiger charge is -2.27. The molecule has 0 aromatic rings. The zero-order valence-electron chi connectivity index (χ0n) is 11.1. The molecule has 8 nitrogen and oxygen atoms in total. The molecule has 108 valence electrons. The molecule has 0 bridgehead atoms. The normalized spacial score (nSPS) is 10.5. The largest absolute Gasteiger partial charge is 0.463 e. The second kappa shape index (κ2) is 7.34. The highest BCUT2D eigenvalue weighted by molar-refractivity contribution is 6.08. The quantitative estimate of drug-likeness (QED) is 0.370. The van der Waals surface area contributed by atoms with Crippen molar-refractivity contribution in [3.8, 4) is 0 Å². The maximum Gasteiger partial charge on any atom is 0.363 e. The molecule has 1 amide bonds. The Kier molecular flexibility index (Phi) is 6.53. The number of rotatable bonds is 7. The lowest BCUT2D eigenvalue weighted by Crippen LogP contribution is -2.54. The summed E-state index contributed by atoms with van der Waals surface area (Å²) in [4.78, 5) is 45.8. The number of carbonyl (C=O) groups excluding carboxylic acids is 4. The van der Waals surface area contributed by atoms with Crippen LogP contribution in [0.4, 0.5) is 0 Å². The number of carbonyl (C=O) groups is 4. The zero-order valence-corrected chi connectivity index (χ0v) is 11.1. The summed E-state index contributed by atoms with van der Waals surface area (Å²) in [6.45, 7) is 3.83. The molecule has 2 N–H and O–H groups in total. The van der Waals surface area contributed by atoms with Crippen molar-refractivity contribution >= 4 is 23.8 Å². The first-order valence-electron chi connectivity index (χ1n) is 5.62. The van der Waals surface area contributed by atoms with Crippen molar-refractivity contribution in [2.75, 3.05) is 13.2 Å². The number of hydrogen-bond acceptors (Lipinski definition) is 7. The molecule has 0 unspecified atom stereocenters. The van der Waals surface area contributed by atoms with Gasteiger partial charge in [-0.1, -0.05) is 0 Å². The number of hydrogen-bond donors (Lipinski definition) is 1. The summed E-state index contributed by atoms with van der Waals surface area (Å²) in [6.07, 6.45) is -0.843. The molecule has 0 aliphatic heterocycles. The van der Waals surface area contributed by atoms with Gasteiger partial charge in [-0.25, -0.2) is 9.59 Å². The van der Waals surface area contributed by atoms with Gasteiger partial charge >= 0.3 is 23.5 Å². The summed E-state index contributed by atoms with van der Waals surface area (Å²) in [5, 5.41) is 0. The van der Waals surface area contributed by atoms with E-state index in [-0.39, 0.29) is 13.2 Å². The van der Waals surface area contributed by atoms with Crippen LogP contribution in [-0.4, -0.2) is 42.6 Å². The van der Waals surface area contributed by atoms with Gasteiger partial charge in [-0.05, 0) is 13.8 Å². The number of esters is 3. The second-order valence-electron chi connectivity index (χ2n) is 3.50. The molecule has 0 saturated heterocycles. The van der Waals surface area contributed by atoms with E-state index in [1.165, 1.54) is 13.8 Å². The number of amides is 1. The van der Waals surface area contributed by atoms with Crippen LogP contribution in [0.25, 0.3) is 0 Å². The van der Waals surface area contributed by atoms with Gasteiger partial charge in [0.25, 0.3) is 0 Å². The average molecular weight is 275 g/mol. The second-order valence-corrected chi connectivity index (χ2v) is 3.50. The first-order valence-corrected chi connectivity index (χ1v) is 5.62. The monoisotopic (exact) mass is 275 g/mol. The van der Waals surface area contributed by atoms with Gasteiger partial charge in [0.2, 0.25) is 5.91 Å². The summed E-state index contributed by atoms with van der Waals surface area (Å²) in [7, 11) is 0. The third-order valence-electron chi connectivity index (χ3n) is 1.95. The van der Waals surface area contributed by atoms with Gasteiger partial charge in [-0.3, -0.25) is 9.59 Å². The highest BCUT2D eigenvalue weighted by atomic mass is 16.6. The average Bonchev–Trinajstić information content (AvgIpc) is 2.27.